The van der Waals surface area contributed by atoms with E-state index in [1.54, 1.807) is 0 Å². The molecule has 0 aromatic heterocycles. The Morgan fingerprint density at radius 3 is 2.40 bits per heavy atom. The first-order chi connectivity index (χ1) is 6.97. The van der Waals surface area contributed by atoms with Gasteiger partial charge in [-0.25, -0.2) is 0 Å². The summed E-state index contributed by atoms with van der Waals surface area (Å²) >= 11 is 0. The van der Waals surface area contributed by atoms with Crippen molar-refractivity contribution in [3.63, 3.8) is 0 Å². The van der Waals surface area contributed by atoms with Crippen molar-refractivity contribution in [2.45, 2.75) is 26.4 Å². The summed E-state index contributed by atoms with van der Waals surface area (Å²) in [6.45, 7) is 2.53. The van der Waals surface area contributed by atoms with E-state index in [2.05, 4.69) is 0 Å². The monoisotopic (exact) mass is 216 g/mol. The van der Waals surface area contributed by atoms with Gasteiger partial charge in [0.1, 0.15) is 6.10 Å². The van der Waals surface area contributed by atoms with E-state index in [0.717, 1.165) is 13.3 Å². The second-order valence-corrected chi connectivity index (χ2v) is 3.20. The van der Waals surface area contributed by atoms with Gasteiger partial charge in [0.2, 0.25) is 0 Å². The maximum absolute atomic E-state index is 10.5. The van der Waals surface area contributed by atoms with Gasteiger partial charge in [-0.15, -0.1) is 0 Å². The first-order valence-corrected chi connectivity index (χ1v) is 4.61. The SMILES string of the molecule is CC(=O)O.CC(=O)OC1C=CCC1CO. The number of hydrogen-bond acceptors (Lipinski definition) is 4. The number of rotatable bonds is 2. The summed E-state index contributed by atoms with van der Waals surface area (Å²) in [6.07, 6.45) is 4.34. The van der Waals surface area contributed by atoms with Crippen LogP contribution in [0.3, 0.4) is 0 Å². The number of hydrogen-bond donors (Lipinski definition) is 2. The fourth-order valence-electron chi connectivity index (χ4n) is 1.18. The molecule has 0 aliphatic heterocycles. The van der Waals surface area contributed by atoms with E-state index >= 15 is 0 Å². The topological polar surface area (TPSA) is 83.8 Å². The van der Waals surface area contributed by atoms with E-state index in [1.165, 1.54) is 6.92 Å². The highest BCUT2D eigenvalue weighted by atomic mass is 16.5. The Morgan fingerprint density at radius 2 is 2.00 bits per heavy atom. The van der Waals surface area contributed by atoms with Gasteiger partial charge in [-0.1, -0.05) is 6.08 Å². The lowest BCUT2D eigenvalue weighted by Gasteiger charge is -2.15. The summed E-state index contributed by atoms with van der Waals surface area (Å²) in [7, 11) is 0. The van der Waals surface area contributed by atoms with E-state index in [9.17, 15) is 4.79 Å². The summed E-state index contributed by atoms with van der Waals surface area (Å²) in [4.78, 5) is 19.5. The van der Waals surface area contributed by atoms with Crippen molar-refractivity contribution in [2.24, 2.45) is 5.92 Å². The van der Waals surface area contributed by atoms with Crippen molar-refractivity contribution < 1.29 is 24.5 Å². The number of allylic oxidation sites excluding steroid dienone is 1. The molecule has 0 amide bonds. The predicted octanol–water partition coefficient (Wildman–Crippen LogP) is 0.577. The zero-order chi connectivity index (χ0) is 11.8. The minimum atomic E-state index is -0.833. The lowest BCUT2D eigenvalue weighted by atomic mass is 10.1. The second-order valence-electron chi connectivity index (χ2n) is 3.20. The highest BCUT2D eigenvalue weighted by Crippen LogP contribution is 2.20. The molecule has 0 bridgehead atoms. The maximum atomic E-state index is 10.5. The molecule has 0 fully saturated rings. The van der Waals surface area contributed by atoms with E-state index in [-0.39, 0.29) is 24.6 Å². The molecule has 0 radical (unpaired) electrons. The van der Waals surface area contributed by atoms with Crippen LogP contribution in [0.1, 0.15) is 20.3 Å². The zero-order valence-electron chi connectivity index (χ0n) is 8.84. The minimum absolute atomic E-state index is 0.0684. The number of carbonyl (C=O) groups is 2. The van der Waals surface area contributed by atoms with Gasteiger partial charge in [0, 0.05) is 19.8 Å². The fourth-order valence-corrected chi connectivity index (χ4v) is 1.18. The first kappa shape index (κ1) is 13.6. The van der Waals surface area contributed by atoms with Crippen molar-refractivity contribution in [3.05, 3.63) is 12.2 Å². The van der Waals surface area contributed by atoms with Crippen molar-refractivity contribution in [1.82, 2.24) is 0 Å². The Morgan fingerprint density at radius 1 is 1.47 bits per heavy atom. The summed E-state index contributed by atoms with van der Waals surface area (Å²) in [5.41, 5.74) is 0. The van der Waals surface area contributed by atoms with E-state index in [0.29, 0.717) is 0 Å². The van der Waals surface area contributed by atoms with Crippen LogP contribution in [0, 0.1) is 5.92 Å². The second kappa shape index (κ2) is 7.00. The number of ether oxygens (including phenoxy) is 1. The summed E-state index contributed by atoms with van der Waals surface area (Å²) in [5, 5.41) is 16.2. The molecule has 2 unspecified atom stereocenters. The van der Waals surface area contributed by atoms with Crippen LogP contribution in [-0.2, 0) is 14.3 Å². The predicted molar refractivity (Wildman–Crippen MR) is 53.2 cm³/mol. The molecule has 0 heterocycles. The van der Waals surface area contributed by atoms with Crippen LogP contribution in [0.5, 0.6) is 0 Å². The fraction of sp³-hybridized carbons (Fsp3) is 0.600. The molecular weight excluding hydrogens is 200 g/mol. The molecule has 1 aliphatic rings. The summed E-state index contributed by atoms with van der Waals surface area (Å²) < 4.78 is 4.93. The normalized spacial score (nSPS) is 22.9. The number of carbonyl (C=O) groups excluding carboxylic acids is 1. The molecule has 5 nitrogen and oxygen atoms in total. The smallest absolute Gasteiger partial charge is 0.303 e. The number of esters is 1. The van der Waals surface area contributed by atoms with Crippen LogP contribution in [0.15, 0.2) is 12.2 Å². The van der Waals surface area contributed by atoms with Gasteiger partial charge in [0.15, 0.2) is 0 Å². The van der Waals surface area contributed by atoms with Crippen LogP contribution in [-0.4, -0.2) is 34.9 Å². The Labute approximate surface area is 88.4 Å². The molecule has 15 heavy (non-hydrogen) atoms. The molecule has 86 valence electrons. The third kappa shape index (κ3) is 6.68. The Kier molecular flexibility index (Phi) is 6.37. The largest absolute Gasteiger partial charge is 0.481 e. The standard InChI is InChI=1S/C8H12O3.C2H4O2/c1-6(10)11-8-4-2-3-7(8)5-9;1-2(3)4/h2,4,7-9H,3,5H2,1H3;1H3,(H,3,4). The molecule has 0 saturated carbocycles. The van der Waals surface area contributed by atoms with Crippen molar-refractivity contribution in [2.75, 3.05) is 6.61 Å². The van der Waals surface area contributed by atoms with Gasteiger partial charge in [-0.05, 0) is 12.5 Å². The number of carboxylic acid groups (broad SMARTS) is 1. The average Bonchev–Trinajstić information content (AvgIpc) is 2.49. The third-order valence-corrected chi connectivity index (χ3v) is 1.77. The van der Waals surface area contributed by atoms with E-state index in [1.807, 2.05) is 12.2 Å². The Bertz CT molecular complexity index is 242. The molecule has 5 heteroatoms. The molecule has 1 rings (SSSR count). The van der Waals surface area contributed by atoms with Crippen LogP contribution >= 0.6 is 0 Å². The van der Waals surface area contributed by atoms with Gasteiger partial charge in [-0.3, -0.25) is 9.59 Å². The van der Waals surface area contributed by atoms with Crippen molar-refractivity contribution in [3.8, 4) is 0 Å². The van der Waals surface area contributed by atoms with Crippen LogP contribution < -0.4 is 0 Å². The van der Waals surface area contributed by atoms with Crippen molar-refractivity contribution >= 4 is 11.9 Å². The third-order valence-electron chi connectivity index (χ3n) is 1.77. The summed E-state index contributed by atoms with van der Waals surface area (Å²) in [6, 6.07) is 0. The molecule has 2 N–H and O–H groups in total. The lowest BCUT2D eigenvalue weighted by Crippen LogP contribution is -2.23. The van der Waals surface area contributed by atoms with Crippen LogP contribution in [0.25, 0.3) is 0 Å². The van der Waals surface area contributed by atoms with Gasteiger partial charge in [-0.2, -0.15) is 0 Å². The Balaban J connectivity index is 0.000000423. The molecule has 0 spiro atoms. The maximum Gasteiger partial charge on any atom is 0.303 e. The molecule has 0 aromatic carbocycles. The van der Waals surface area contributed by atoms with E-state index in [4.69, 9.17) is 19.7 Å². The molecular formula is C10H16O5. The lowest BCUT2D eigenvalue weighted by molar-refractivity contribution is -0.146. The van der Waals surface area contributed by atoms with Crippen molar-refractivity contribution in [1.29, 1.82) is 0 Å². The van der Waals surface area contributed by atoms with Crippen LogP contribution in [0.2, 0.25) is 0 Å². The Hall–Kier alpha value is -1.36. The number of aliphatic hydroxyl groups is 1. The van der Waals surface area contributed by atoms with Gasteiger partial charge >= 0.3 is 5.97 Å². The van der Waals surface area contributed by atoms with Gasteiger partial charge in [0.05, 0.1) is 6.61 Å². The van der Waals surface area contributed by atoms with E-state index < -0.39 is 5.97 Å². The quantitative estimate of drug-likeness (QED) is 0.521. The number of aliphatic hydroxyl groups excluding tert-OH is 1. The molecule has 0 saturated heterocycles. The summed E-state index contributed by atoms with van der Waals surface area (Å²) in [5.74, 6) is -1.06. The number of aliphatic carboxylic acids is 1. The number of carboxylic acids is 1. The van der Waals surface area contributed by atoms with Crippen LogP contribution in [0.4, 0.5) is 0 Å². The minimum Gasteiger partial charge on any atom is -0.481 e. The highest BCUT2D eigenvalue weighted by molar-refractivity contribution is 5.66. The molecule has 2 atom stereocenters. The first-order valence-electron chi connectivity index (χ1n) is 4.61. The highest BCUT2D eigenvalue weighted by Gasteiger charge is 2.24. The zero-order valence-corrected chi connectivity index (χ0v) is 8.84. The van der Waals surface area contributed by atoms with Gasteiger partial charge in [0.25, 0.3) is 5.97 Å². The average molecular weight is 216 g/mol. The molecule has 1 aliphatic carbocycles. The molecule has 0 aromatic rings. The van der Waals surface area contributed by atoms with Gasteiger partial charge < -0.3 is 14.9 Å².